The van der Waals surface area contributed by atoms with E-state index in [1.165, 1.54) is 35.0 Å². The summed E-state index contributed by atoms with van der Waals surface area (Å²) in [6.07, 6.45) is 3.72. The molecular weight excluding hydrogens is 236 g/mol. The Bertz CT molecular complexity index is 594. The second kappa shape index (κ2) is 4.89. The van der Waals surface area contributed by atoms with E-state index in [4.69, 9.17) is 4.74 Å². The molecule has 3 heteroatoms. The van der Waals surface area contributed by atoms with Gasteiger partial charge in [-0.1, -0.05) is 0 Å². The van der Waals surface area contributed by atoms with Crippen LogP contribution in [0.2, 0.25) is 0 Å². The molecule has 0 saturated carbocycles. The summed E-state index contributed by atoms with van der Waals surface area (Å²) < 4.78 is 7.66. The van der Waals surface area contributed by atoms with Gasteiger partial charge < -0.3 is 14.6 Å². The van der Waals surface area contributed by atoms with E-state index in [0.29, 0.717) is 6.04 Å². The van der Waals surface area contributed by atoms with Crippen LogP contribution in [0, 0.1) is 6.92 Å². The van der Waals surface area contributed by atoms with Crippen molar-refractivity contribution in [2.75, 3.05) is 13.7 Å². The smallest absolute Gasteiger partial charge is 0.119 e. The Morgan fingerprint density at radius 3 is 2.95 bits per heavy atom. The fraction of sp³-hybridized carbons (Fsp3) is 0.500. The van der Waals surface area contributed by atoms with Crippen LogP contribution in [-0.4, -0.2) is 24.3 Å². The lowest BCUT2D eigenvalue weighted by Crippen LogP contribution is -2.23. The molecule has 2 aromatic rings. The minimum atomic E-state index is 0.635. The summed E-state index contributed by atoms with van der Waals surface area (Å²) in [7, 11) is 3.88. The quantitative estimate of drug-likeness (QED) is 0.916. The maximum Gasteiger partial charge on any atom is 0.119 e. The highest BCUT2D eigenvalue weighted by Gasteiger charge is 2.19. The number of hydrogen-bond donors (Lipinski definition) is 1. The number of aryl methyl sites for hydroxylation is 1. The topological polar surface area (TPSA) is 26.2 Å². The van der Waals surface area contributed by atoms with E-state index >= 15 is 0 Å². The third-order valence-corrected chi connectivity index (χ3v) is 4.44. The van der Waals surface area contributed by atoms with Crippen LogP contribution in [0.25, 0.3) is 10.9 Å². The second-order valence-electron chi connectivity index (χ2n) is 5.50. The van der Waals surface area contributed by atoms with Crippen molar-refractivity contribution in [3.63, 3.8) is 0 Å². The molecular formula is C16H22N2O. The van der Waals surface area contributed by atoms with Crippen LogP contribution in [0.5, 0.6) is 5.75 Å². The van der Waals surface area contributed by atoms with Crippen molar-refractivity contribution in [2.24, 2.45) is 7.05 Å². The average molecular weight is 258 g/mol. The first kappa shape index (κ1) is 12.5. The van der Waals surface area contributed by atoms with Crippen LogP contribution in [0.15, 0.2) is 18.2 Å². The molecule has 3 rings (SSSR count). The SMILES string of the molecule is COc1ccc2c(c1)c(CC1CCCN1)c(C)n2C. The third kappa shape index (κ3) is 2.12. The van der Waals surface area contributed by atoms with Gasteiger partial charge >= 0.3 is 0 Å². The van der Waals surface area contributed by atoms with Gasteiger partial charge in [0.2, 0.25) is 0 Å². The number of benzene rings is 1. The minimum Gasteiger partial charge on any atom is -0.497 e. The molecule has 1 atom stereocenters. The number of fused-ring (bicyclic) bond motifs is 1. The van der Waals surface area contributed by atoms with Crippen LogP contribution in [-0.2, 0) is 13.5 Å². The van der Waals surface area contributed by atoms with E-state index in [1.807, 2.05) is 6.07 Å². The van der Waals surface area contributed by atoms with Crippen molar-refractivity contribution < 1.29 is 4.74 Å². The van der Waals surface area contributed by atoms with Crippen LogP contribution >= 0.6 is 0 Å². The van der Waals surface area contributed by atoms with Crippen molar-refractivity contribution in [3.05, 3.63) is 29.5 Å². The van der Waals surface area contributed by atoms with E-state index in [-0.39, 0.29) is 0 Å². The zero-order chi connectivity index (χ0) is 13.4. The molecule has 1 unspecified atom stereocenters. The van der Waals surface area contributed by atoms with Crippen molar-refractivity contribution in [1.29, 1.82) is 0 Å². The molecule has 1 aromatic heterocycles. The third-order valence-electron chi connectivity index (χ3n) is 4.44. The molecule has 2 heterocycles. The van der Waals surface area contributed by atoms with Gasteiger partial charge in [-0.25, -0.2) is 0 Å². The first-order valence-corrected chi connectivity index (χ1v) is 7.06. The lowest BCUT2D eigenvalue weighted by atomic mass is 10.0. The summed E-state index contributed by atoms with van der Waals surface area (Å²) in [4.78, 5) is 0. The number of aromatic nitrogens is 1. The van der Waals surface area contributed by atoms with Gasteiger partial charge in [0.05, 0.1) is 7.11 Å². The van der Waals surface area contributed by atoms with Gasteiger partial charge in [0.25, 0.3) is 0 Å². The predicted octanol–water partition coefficient (Wildman–Crippen LogP) is 2.79. The van der Waals surface area contributed by atoms with Gasteiger partial charge in [0.15, 0.2) is 0 Å². The Hall–Kier alpha value is -1.48. The van der Waals surface area contributed by atoms with E-state index in [0.717, 1.165) is 18.7 Å². The van der Waals surface area contributed by atoms with Gasteiger partial charge in [0.1, 0.15) is 5.75 Å². The molecule has 0 aliphatic carbocycles. The number of rotatable bonds is 3. The maximum absolute atomic E-state index is 5.37. The van der Waals surface area contributed by atoms with E-state index < -0.39 is 0 Å². The van der Waals surface area contributed by atoms with Crippen LogP contribution in [0.3, 0.4) is 0 Å². The minimum absolute atomic E-state index is 0.635. The van der Waals surface area contributed by atoms with Gasteiger partial charge in [0, 0.05) is 29.7 Å². The monoisotopic (exact) mass is 258 g/mol. The molecule has 0 spiro atoms. The van der Waals surface area contributed by atoms with Gasteiger partial charge in [-0.15, -0.1) is 0 Å². The van der Waals surface area contributed by atoms with E-state index in [2.05, 4.69) is 36.0 Å². The highest BCUT2D eigenvalue weighted by atomic mass is 16.5. The first-order chi connectivity index (χ1) is 9.20. The molecule has 1 aliphatic rings. The van der Waals surface area contributed by atoms with Gasteiger partial charge in [-0.2, -0.15) is 0 Å². The number of methoxy groups -OCH3 is 1. The summed E-state index contributed by atoms with van der Waals surface area (Å²) in [5.41, 5.74) is 4.14. The Morgan fingerprint density at radius 2 is 2.26 bits per heavy atom. The molecule has 1 saturated heterocycles. The van der Waals surface area contributed by atoms with Gasteiger partial charge in [-0.3, -0.25) is 0 Å². The lowest BCUT2D eigenvalue weighted by Gasteiger charge is -2.10. The van der Waals surface area contributed by atoms with Crippen molar-refractivity contribution in [3.8, 4) is 5.75 Å². The molecule has 19 heavy (non-hydrogen) atoms. The molecule has 0 amide bonds. The zero-order valence-corrected chi connectivity index (χ0v) is 12.0. The van der Waals surface area contributed by atoms with E-state index in [9.17, 15) is 0 Å². The standard InChI is InChI=1S/C16H22N2O/c1-11-14(9-12-5-4-8-17-12)15-10-13(19-3)6-7-16(15)18(11)2/h6-7,10,12,17H,4-5,8-9H2,1-3H3. The van der Waals surface area contributed by atoms with E-state index in [1.54, 1.807) is 7.11 Å². The Morgan fingerprint density at radius 1 is 1.42 bits per heavy atom. The normalized spacial score (nSPS) is 19.2. The number of nitrogens with zero attached hydrogens (tertiary/aromatic N) is 1. The second-order valence-corrected chi connectivity index (χ2v) is 5.50. The summed E-state index contributed by atoms with van der Waals surface area (Å²) in [5, 5.41) is 4.94. The Kier molecular flexibility index (Phi) is 3.23. The zero-order valence-electron chi connectivity index (χ0n) is 12.0. The summed E-state index contributed by atoms with van der Waals surface area (Å²) >= 11 is 0. The van der Waals surface area contributed by atoms with Crippen LogP contribution in [0.1, 0.15) is 24.1 Å². The highest BCUT2D eigenvalue weighted by Crippen LogP contribution is 2.30. The molecule has 0 radical (unpaired) electrons. The summed E-state index contributed by atoms with van der Waals surface area (Å²) in [6, 6.07) is 7.01. The molecule has 102 valence electrons. The largest absolute Gasteiger partial charge is 0.497 e. The molecule has 0 bridgehead atoms. The number of ether oxygens (including phenoxy) is 1. The molecule has 1 N–H and O–H groups in total. The lowest BCUT2D eigenvalue weighted by molar-refractivity contribution is 0.415. The number of hydrogen-bond acceptors (Lipinski definition) is 2. The van der Waals surface area contributed by atoms with Crippen molar-refractivity contribution in [2.45, 2.75) is 32.2 Å². The maximum atomic E-state index is 5.37. The molecule has 1 aromatic carbocycles. The van der Waals surface area contributed by atoms with Crippen molar-refractivity contribution in [1.82, 2.24) is 9.88 Å². The molecule has 1 aliphatic heterocycles. The van der Waals surface area contributed by atoms with Crippen LogP contribution in [0.4, 0.5) is 0 Å². The fourth-order valence-electron chi connectivity index (χ4n) is 3.19. The van der Waals surface area contributed by atoms with Crippen LogP contribution < -0.4 is 10.1 Å². The summed E-state index contributed by atoms with van der Waals surface area (Å²) in [6.45, 7) is 3.38. The number of nitrogens with one attached hydrogen (secondary N) is 1. The Labute approximate surface area is 114 Å². The first-order valence-electron chi connectivity index (χ1n) is 7.06. The average Bonchev–Trinajstić information content (AvgIpc) is 3.02. The van der Waals surface area contributed by atoms with Gasteiger partial charge in [-0.05, 0) is 56.5 Å². The van der Waals surface area contributed by atoms with Crippen molar-refractivity contribution >= 4 is 10.9 Å². The Balaban J connectivity index is 2.07. The molecule has 3 nitrogen and oxygen atoms in total. The molecule has 1 fully saturated rings. The fourth-order valence-corrected chi connectivity index (χ4v) is 3.19. The predicted molar refractivity (Wildman–Crippen MR) is 78.9 cm³/mol. The summed E-state index contributed by atoms with van der Waals surface area (Å²) in [5.74, 6) is 0.943. The highest BCUT2D eigenvalue weighted by molar-refractivity contribution is 5.87.